The molecule has 0 saturated carbocycles. The van der Waals surface area contributed by atoms with E-state index in [0.717, 1.165) is 12.1 Å². The molecule has 0 amide bonds. The smallest absolute Gasteiger partial charge is 0.419 e. The van der Waals surface area contributed by atoms with E-state index in [1.165, 1.54) is 0 Å². The molecule has 1 heterocycles. The molecule has 1 rings (SSSR count). The minimum Gasteiger partial charge on any atom is -0.466 e. The fourth-order valence-corrected chi connectivity index (χ4v) is 1.42. The highest BCUT2D eigenvalue weighted by atomic mass is 35.5. The number of hydrogen-bond acceptors (Lipinski definition) is 3. The second kappa shape index (κ2) is 5.35. The molecular weight excluding hydrogens is 259 g/mol. The molecule has 0 saturated heterocycles. The first-order valence-corrected chi connectivity index (χ1v) is 5.10. The summed E-state index contributed by atoms with van der Waals surface area (Å²) in [6, 6.07) is 1.90. The zero-order valence-corrected chi connectivity index (χ0v) is 9.60. The average Bonchev–Trinajstić information content (AvgIpc) is 2.15. The Kier molecular flexibility index (Phi) is 4.34. The summed E-state index contributed by atoms with van der Waals surface area (Å²) in [7, 11) is 0. The van der Waals surface area contributed by atoms with Crippen LogP contribution in [0.25, 0.3) is 0 Å². The van der Waals surface area contributed by atoms with Crippen molar-refractivity contribution in [3.8, 4) is 0 Å². The number of carbonyl (C=O) groups excluding carboxylic acids is 1. The number of esters is 1. The lowest BCUT2D eigenvalue weighted by Gasteiger charge is -2.09. The van der Waals surface area contributed by atoms with Crippen LogP contribution in [0.5, 0.6) is 0 Å². The van der Waals surface area contributed by atoms with E-state index < -0.39 is 22.9 Å². The highest BCUT2D eigenvalue weighted by Gasteiger charge is 2.33. The molecule has 0 atom stereocenters. The minimum atomic E-state index is -4.55. The number of alkyl halides is 3. The molecule has 1 aromatic heterocycles. The number of pyridine rings is 1. The standard InChI is InChI=1S/C10H9ClF3NO2/c1-2-17-8(16)5-6-3-4-7(9(11)15-6)10(12,13)14/h3-4H,2,5H2,1H3. The third-order valence-corrected chi connectivity index (χ3v) is 2.13. The highest BCUT2D eigenvalue weighted by Crippen LogP contribution is 2.33. The first kappa shape index (κ1) is 13.8. The van der Waals surface area contributed by atoms with Crippen LogP contribution in [-0.2, 0) is 22.1 Å². The van der Waals surface area contributed by atoms with Gasteiger partial charge in [-0.05, 0) is 19.1 Å². The van der Waals surface area contributed by atoms with Gasteiger partial charge in [0.25, 0.3) is 0 Å². The molecule has 0 bridgehead atoms. The van der Waals surface area contributed by atoms with Crippen molar-refractivity contribution in [3.05, 3.63) is 28.5 Å². The largest absolute Gasteiger partial charge is 0.466 e. The lowest BCUT2D eigenvalue weighted by Crippen LogP contribution is -2.11. The van der Waals surface area contributed by atoms with E-state index in [0.29, 0.717) is 0 Å². The predicted molar refractivity (Wildman–Crippen MR) is 54.6 cm³/mol. The maximum absolute atomic E-state index is 12.3. The van der Waals surface area contributed by atoms with Crippen molar-refractivity contribution in [2.45, 2.75) is 19.5 Å². The number of hydrogen-bond donors (Lipinski definition) is 0. The zero-order valence-electron chi connectivity index (χ0n) is 8.84. The third-order valence-electron chi connectivity index (χ3n) is 1.84. The van der Waals surface area contributed by atoms with E-state index in [2.05, 4.69) is 9.72 Å². The molecule has 0 unspecified atom stereocenters. The van der Waals surface area contributed by atoms with Crippen LogP contribution in [0.2, 0.25) is 5.15 Å². The van der Waals surface area contributed by atoms with Crippen molar-refractivity contribution in [1.82, 2.24) is 4.98 Å². The molecule has 1 aromatic rings. The summed E-state index contributed by atoms with van der Waals surface area (Å²) in [6.45, 7) is 1.83. The van der Waals surface area contributed by atoms with E-state index in [4.69, 9.17) is 11.6 Å². The van der Waals surface area contributed by atoms with Crippen molar-refractivity contribution in [3.63, 3.8) is 0 Å². The summed E-state index contributed by atoms with van der Waals surface area (Å²) >= 11 is 5.39. The van der Waals surface area contributed by atoms with E-state index in [1.807, 2.05) is 0 Å². The number of nitrogens with zero attached hydrogens (tertiary/aromatic N) is 1. The van der Waals surface area contributed by atoms with Crippen molar-refractivity contribution in [2.24, 2.45) is 0 Å². The van der Waals surface area contributed by atoms with Crippen LogP contribution in [0.4, 0.5) is 13.2 Å². The molecule has 0 aliphatic heterocycles. The predicted octanol–water partition coefficient (Wildman–Crippen LogP) is 2.86. The molecule has 0 fully saturated rings. The van der Waals surface area contributed by atoms with Crippen LogP contribution in [0.15, 0.2) is 12.1 Å². The molecule has 3 nitrogen and oxygen atoms in total. The van der Waals surface area contributed by atoms with Gasteiger partial charge in [0.05, 0.1) is 24.3 Å². The van der Waals surface area contributed by atoms with Crippen LogP contribution in [-0.4, -0.2) is 17.6 Å². The second-order valence-electron chi connectivity index (χ2n) is 3.12. The fraction of sp³-hybridized carbons (Fsp3) is 0.400. The molecule has 94 valence electrons. The van der Waals surface area contributed by atoms with Gasteiger partial charge in [0.2, 0.25) is 0 Å². The van der Waals surface area contributed by atoms with Gasteiger partial charge in [-0.25, -0.2) is 4.98 Å². The summed E-state index contributed by atoms with van der Waals surface area (Å²) in [6.07, 6.45) is -4.75. The van der Waals surface area contributed by atoms with Gasteiger partial charge in [-0.3, -0.25) is 4.79 Å². The molecular formula is C10H9ClF3NO2. The number of rotatable bonds is 3. The van der Waals surface area contributed by atoms with Crippen LogP contribution in [0, 0.1) is 0 Å². The summed E-state index contributed by atoms with van der Waals surface area (Å²) < 4.78 is 41.7. The SMILES string of the molecule is CCOC(=O)Cc1ccc(C(F)(F)F)c(Cl)n1. The maximum Gasteiger partial charge on any atom is 0.419 e. The fourth-order valence-electron chi connectivity index (χ4n) is 1.14. The molecule has 7 heteroatoms. The molecule has 0 N–H and O–H groups in total. The monoisotopic (exact) mass is 267 g/mol. The van der Waals surface area contributed by atoms with Gasteiger partial charge in [0.1, 0.15) is 5.15 Å². The van der Waals surface area contributed by atoms with Gasteiger partial charge >= 0.3 is 12.1 Å². The van der Waals surface area contributed by atoms with Gasteiger partial charge in [0, 0.05) is 0 Å². The molecule has 17 heavy (non-hydrogen) atoms. The number of carbonyl (C=O) groups is 1. The average molecular weight is 268 g/mol. The van der Waals surface area contributed by atoms with Crippen LogP contribution >= 0.6 is 11.6 Å². The Balaban J connectivity index is 2.86. The highest BCUT2D eigenvalue weighted by molar-refractivity contribution is 6.30. The molecule has 0 aliphatic carbocycles. The van der Waals surface area contributed by atoms with Crippen molar-refractivity contribution < 1.29 is 22.7 Å². The molecule has 0 spiro atoms. The Morgan fingerprint density at radius 1 is 1.47 bits per heavy atom. The van der Waals surface area contributed by atoms with Crippen LogP contribution in [0.3, 0.4) is 0 Å². The van der Waals surface area contributed by atoms with Crippen molar-refractivity contribution in [2.75, 3.05) is 6.61 Å². The second-order valence-corrected chi connectivity index (χ2v) is 3.48. The van der Waals surface area contributed by atoms with Crippen molar-refractivity contribution >= 4 is 17.6 Å². The quantitative estimate of drug-likeness (QED) is 0.624. The number of aromatic nitrogens is 1. The molecule has 0 aromatic carbocycles. The first-order chi connectivity index (χ1) is 7.84. The number of halogens is 4. The van der Waals surface area contributed by atoms with Crippen LogP contribution < -0.4 is 0 Å². The Morgan fingerprint density at radius 3 is 2.59 bits per heavy atom. The maximum atomic E-state index is 12.3. The number of ether oxygens (including phenoxy) is 1. The molecule has 0 radical (unpaired) electrons. The van der Waals surface area contributed by atoms with Gasteiger partial charge in [-0.2, -0.15) is 13.2 Å². The van der Waals surface area contributed by atoms with E-state index in [-0.39, 0.29) is 18.7 Å². The van der Waals surface area contributed by atoms with E-state index in [1.54, 1.807) is 6.92 Å². The first-order valence-electron chi connectivity index (χ1n) is 4.72. The normalized spacial score (nSPS) is 11.4. The summed E-state index contributed by atoms with van der Waals surface area (Å²) in [5, 5.41) is -0.667. The van der Waals surface area contributed by atoms with Gasteiger partial charge in [-0.1, -0.05) is 11.6 Å². The Hall–Kier alpha value is -1.30. The summed E-state index contributed by atoms with van der Waals surface area (Å²) in [4.78, 5) is 14.6. The topological polar surface area (TPSA) is 39.2 Å². The van der Waals surface area contributed by atoms with Gasteiger partial charge in [0.15, 0.2) is 0 Å². The molecule has 0 aliphatic rings. The zero-order chi connectivity index (χ0) is 13.1. The Labute approximate surface area is 101 Å². The van der Waals surface area contributed by atoms with E-state index in [9.17, 15) is 18.0 Å². The van der Waals surface area contributed by atoms with Crippen molar-refractivity contribution in [1.29, 1.82) is 0 Å². The van der Waals surface area contributed by atoms with Gasteiger partial charge < -0.3 is 4.74 Å². The minimum absolute atomic E-state index is 0.140. The Morgan fingerprint density at radius 2 is 2.12 bits per heavy atom. The lowest BCUT2D eigenvalue weighted by molar-refractivity contribution is -0.142. The van der Waals surface area contributed by atoms with Gasteiger partial charge in [-0.15, -0.1) is 0 Å². The summed E-state index contributed by atoms with van der Waals surface area (Å²) in [5.74, 6) is -0.559. The Bertz CT molecular complexity index is 421. The van der Waals surface area contributed by atoms with Crippen LogP contribution in [0.1, 0.15) is 18.2 Å². The van der Waals surface area contributed by atoms with E-state index >= 15 is 0 Å². The summed E-state index contributed by atoms with van der Waals surface area (Å²) in [5.41, 5.74) is -0.881. The third kappa shape index (κ3) is 3.89. The lowest BCUT2D eigenvalue weighted by atomic mass is 10.2.